The molecule has 1 atom stereocenters. The first-order chi connectivity index (χ1) is 6.48. The van der Waals surface area contributed by atoms with Crippen molar-refractivity contribution in [1.82, 2.24) is 0 Å². The number of hydrogen-bond donors (Lipinski definition) is 0. The Kier molecular flexibility index (Phi) is 3.50. The Hall–Kier alpha value is -0.610. The summed E-state index contributed by atoms with van der Waals surface area (Å²) in [5.74, 6) is 0. The maximum atomic E-state index is 11.8. The van der Waals surface area contributed by atoms with Gasteiger partial charge in [-0.3, -0.25) is 0 Å². The number of halogens is 1. The monoisotopic (exact) mass is 274 g/mol. The van der Waals surface area contributed by atoms with Gasteiger partial charge in [-0.2, -0.15) is 0 Å². The number of benzene rings is 1. The van der Waals surface area contributed by atoms with Crippen LogP contribution in [-0.2, 0) is 9.84 Å². The van der Waals surface area contributed by atoms with Crippen molar-refractivity contribution in [2.24, 2.45) is 0 Å². The second kappa shape index (κ2) is 4.28. The van der Waals surface area contributed by atoms with E-state index in [-0.39, 0.29) is 0 Å². The van der Waals surface area contributed by atoms with Gasteiger partial charge in [-0.05, 0) is 31.2 Å². The van der Waals surface area contributed by atoms with Gasteiger partial charge in [0.15, 0.2) is 9.84 Å². The summed E-state index contributed by atoms with van der Waals surface area (Å²) in [6.07, 6.45) is 1.43. The highest BCUT2D eigenvalue weighted by Gasteiger charge is 2.19. The Morgan fingerprint density at radius 2 is 1.86 bits per heavy atom. The van der Waals surface area contributed by atoms with Gasteiger partial charge in [0.05, 0.1) is 10.1 Å². The van der Waals surface area contributed by atoms with E-state index in [2.05, 4.69) is 22.5 Å². The summed E-state index contributed by atoms with van der Waals surface area (Å²) in [5.41, 5.74) is 0. The van der Waals surface area contributed by atoms with Gasteiger partial charge >= 0.3 is 0 Å². The van der Waals surface area contributed by atoms with E-state index in [1.54, 1.807) is 31.2 Å². The molecule has 4 heteroatoms. The van der Waals surface area contributed by atoms with Gasteiger partial charge in [-0.15, -0.1) is 6.58 Å². The zero-order valence-corrected chi connectivity index (χ0v) is 10.2. The van der Waals surface area contributed by atoms with Crippen molar-refractivity contribution >= 4 is 25.8 Å². The van der Waals surface area contributed by atoms with Crippen LogP contribution in [-0.4, -0.2) is 13.7 Å². The second-order valence-electron chi connectivity index (χ2n) is 2.94. The number of hydrogen-bond acceptors (Lipinski definition) is 2. The molecular formula is C10H11BrO2S. The summed E-state index contributed by atoms with van der Waals surface area (Å²) in [6.45, 7) is 5.10. The average Bonchev–Trinajstić information content (AvgIpc) is 2.17. The molecule has 1 aromatic carbocycles. The molecule has 0 fully saturated rings. The van der Waals surface area contributed by atoms with Crippen molar-refractivity contribution < 1.29 is 8.42 Å². The van der Waals surface area contributed by atoms with Gasteiger partial charge in [-0.1, -0.05) is 22.0 Å². The lowest BCUT2D eigenvalue weighted by Gasteiger charge is -2.07. The maximum absolute atomic E-state index is 11.8. The van der Waals surface area contributed by atoms with Gasteiger partial charge in [0.2, 0.25) is 0 Å². The third-order valence-electron chi connectivity index (χ3n) is 1.96. The summed E-state index contributed by atoms with van der Waals surface area (Å²) in [7, 11) is -3.24. The molecular weight excluding hydrogens is 264 g/mol. The fourth-order valence-electron chi connectivity index (χ4n) is 0.966. The van der Waals surface area contributed by atoms with Crippen molar-refractivity contribution in [2.75, 3.05) is 0 Å². The molecule has 0 heterocycles. The third-order valence-corrected chi connectivity index (χ3v) is 4.59. The van der Waals surface area contributed by atoms with Crippen LogP contribution in [0.3, 0.4) is 0 Å². The summed E-state index contributed by atoms with van der Waals surface area (Å²) in [4.78, 5) is 0.327. The minimum absolute atomic E-state index is 0.327. The first kappa shape index (κ1) is 11.5. The van der Waals surface area contributed by atoms with Crippen LogP contribution >= 0.6 is 15.9 Å². The van der Waals surface area contributed by atoms with Crippen LogP contribution in [0.1, 0.15) is 6.92 Å². The van der Waals surface area contributed by atoms with Crippen molar-refractivity contribution in [2.45, 2.75) is 17.1 Å². The maximum Gasteiger partial charge on any atom is 0.184 e. The molecule has 0 amide bonds. The van der Waals surface area contributed by atoms with E-state index in [9.17, 15) is 8.42 Å². The van der Waals surface area contributed by atoms with Crippen LogP contribution in [0.25, 0.3) is 0 Å². The lowest BCUT2D eigenvalue weighted by molar-refractivity contribution is 0.591. The summed E-state index contributed by atoms with van der Waals surface area (Å²) in [6, 6.07) is 6.59. The quantitative estimate of drug-likeness (QED) is 0.795. The Balaban J connectivity index is 3.17. The van der Waals surface area contributed by atoms with Crippen LogP contribution in [0.5, 0.6) is 0 Å². The zero-order valence-electron chi connectivity index (χ0n) is 7.77. The highest BCUT2D eigenvalue weighted by molar-refractivity contribution is 9.10. The van der Waals surface area contributed by atoms with E-state index in [4.69, 9.17) is 0 Å². The largest absolute Gasteiger partial charge is 0.223 e. The van der Waals surface area contributed by atoms with Gasteiger partial charge in [0.1, 0.15) is 0 Å². The third kappa shape index (κ3) is 2.25. The first-order valence-corrected chi connectivity index (χ1v) is 6.44. The lowest BCUT2D eigenvalue weighted by atomic mass is 10.4. The predicted molar refractivity (Wildman–Crippen MR) is 61.0 cm³/mol. The molecule has 0 saturated carbocycles. The van der Waals surface area contributed by atoms with Crippen LogP contribution < -0.4 is 0 Å². The van der Waals surface area contributed by atoms with Crippen LogP contribution in [0.15, 0.2) is 46.3 Å². The second-order valence-corrected chi connectivity index (χ2v) is 6.16. The average molecular weight is 275 g/mol. The fourth-order valence-corrected chi connectivity index (χ4v) is 2.43. The van der Waals surface area contributed by atoms with Gasteiger partial charge in [-0.25, -0.2) is 8.42 Å². The SMILES string of the molecule is C=CC(C)S(=O)(=O)c1ccc(Br)cc1. The zero-order chi connectivity index (χ0) is 10.8. The van der Waals surface area contributed by atoms with E-state index in [0.717, 1.165) is 4.47 Å². The molecule has 1 aromatic rings. The van der Waals surface area contributed by atoms with Crippen molar-refractivity contribution in [3.8, 4) is 0 Å². The predicted octanol–water partition coefficient (Wildman–Crippen LogP) is 2.80. The molecule has 0 radical (unpaired) electrons. The Labute approximate surface area is 92.7 Å². The highest BCUT2D eigenvalue weighted by atomic mass is 79.9. The van der Waals surface area contributed by atoms with Gasteiger partial charge in [0, 0.05) is 4.47 Å². The molecule has 76 valence electrons. The lowest BCUT2D eigenvalue weighted by Crippen LogP contribution is -2.14. The molecule has 0 saturated heterocycles. The molecule has 1 unspecified atom stereocenters. The van der Waals surface area contributed by atoms with Crippen LogP contribution in [0.2, 0.25) is 0 Å². The van der Waals surface area contributed by atoms with Gasteiger partial charge in [0.25, 0.3) is 0 Å². The Bertz CT molecular complexity index is 420. The highest BCUT2D eigenvalue weighted by Crippen LogP contribution is 2.19. The minimum atomic E-state index is -3.24. The molecule has 2 nitrogen and oxygen atoms in total. The van der Waals surface area contributed by atoms with Crippen LogP contribution in [0, 0.1) is 0 Å². The smallest absolute Gasteiger partial charge is 0.184 e. The molecule has 0 aromatic heterocycles. The van der Waals surface area contributed by atoms with Crippen LogP contribution in [0.4, 0.5) is 0 Å². The van der Waals surface area contributed by atoms with E-state index in [1.807, 2.05) is 0 Å². The molecule has 14 heavy (non-hydrogen) atoms. The molecule has 0 aliphatic heterocycles. The summed E-state index contributed by atoms with van der Waals surface area (Å²) >= 11 is 3.25. The van der Waals surface area contributed by atoms with E-state index < -0.39 is 15.1 Å². The molecule has 0 bridgehead atoms. The molecule has 1 rings (SSSR count). The van der Waals surface area contributed by atoms with Crippen molar-refractivity contribution in [3.63, 3.8) is 0 Å². The normalized spacial score (nSPS) is 13.6. The van der Waals surface area contributed by atoms with Crippen molar-refractivity contribution in [1.29, 1.82) is 0 Å². The van der Waals surface area contributed by atoms with E-state index in [0.29, 0.717) is 4.90 Å². The fraction of sp³-hybridized carbons (Fsp3) is 0.200. The van der Waals surface area contributed by atoms with Crippen molar-refractivity contribution in [3.05, 3.63) is 41.4 Å². The molecule has 0 N–H and O–H groups in total. The Morgan fingerprint density at radius 1 is 1.36 bits per heavy atom. The van der Waals surface area contributed by atoms with Gasteiger partial charge < -0.3 is 0 Å². The first-order valence-electron chi connectivity index (χ1n) is 4.10. The summed E-state index contributed by atoms with van der Waals surface area (Å²) < 4.78 is 24.4. The molecule has 0 aliphatic rings. The molecule has 0 spiro atoms. The number of rotatable bonds is 3. The Morgan fingerprint density at radius 3 is 2.29 bits per heavy atom. The van der Waals surface area contributed by atoms with E-state index in [1.165, 1.54) is 6.08 Å². The standard InChI is InChI=1S/C10H11BrO2S/c1-3-8(2)14(12,13)10-6-4-9(11)5-7-10/h3-8H,1H2,2H3. The van der Waals surface area contributed by atoms with E-state index >= 15 is 0 Å². The molecule has 0 aliphatic carbocycles. The summed E-state index contributed by atoms with van der Waals surface area (Å²) in [5, 5.41) is -0.552. The topological polar surface area (TPSA) is 34.1 Å². The number of sulfone groups is 1. The minimum Gasteiger partial charge on any atom is -0.223 e.